The van der Waals surface area contributed by atoms with Gasteiger partial charge in [0.2, 0.25) is 0 Å². The molecule has 86 valence electrons. The zero-order valence-electron chi connectivity index (χ0n) is 8.48. The first-order valence-corrected chi connectivity index (χ1v) is 4.94. The highest BCUT2D eigenvalue weighted by atomic mass is 19.1. The Morgan fingerprint density at radius 3 is 2.62 bits per heavy atom. The van der Waals surface area contributed by atoms with Crippen molar-refractivity contribution in [3.8, 4) is 0 Å². The van der Waals surface area contributed by atoms with E-state index in [1.807, 2.05) is 0 Å². The summed E-state index contributed by atoms with van der Waals surface area (Å²) in [6, 6.07) is 3.86. The molecule has 1 aromatic carbocycles. The van der Waals surface area contributed by atoms with Gasteiger partial charge in [0.25, 0.3) is 0 Å². The van der Waals surface area contributed by atoms with E-state index in [9.17, 15) is 9.18 Å². The topological polar surface area (TPSA) is 55.8 Å². The first-order valence-electron chi connectivity index (χ1n) is 4.94. The van der Waals surface area contributed by atoms with Gasteiger partial charge >= 0.3 is 5.97 Å². The second-order valence-electron chi connectivity index (χ2n) is 3.47. The molecule has 0 atom stereocenters. The normalized spacial score (nSPS) is 17.3. The lowest BCUT2D eigenvalue weighted by Crippen LogP contribution is -2.18. The molecule has 1 N–H and O–H groups in total. The van der Waals surface area contributed by atoms with Crippen LogP contribution in [0.25, 0.3) is 0 Å². The molecule has 0 aliphatic carbocycles. The second kappa shape index (κ2) is 4.59. The van der Waals surface area contributed by atoms with Crippen molar-refractivity contribution in [3.05, 3.63) is 35.1 Å². The molecule has 2 rings (SSSR count). The molecule has 0 radical (unpaired) electrons. The average Bonchev–Trinajstić information content (AvgIpc) is 2.29. The number of carboxylic acid groups (broad SMARTS) is 1. The van der Waals surface area contributed by atoms with Crippen LogP contribution in [0.5, 0.6) is 0 Å². The molecule has 4 nitrogen and oxygen atoms in total. The molecule has 0 saturated carbocycles. The predicted octanol–water partition coefficient (Wildman–Crippen LogP) is 1.96. The summed E-state index contributed by atoms with van der Waals surface area (Å²) in [7, 11) is 0. The molecule has 0 unspecified atom stereocenters. The van der Waals surface area contributed by atoms with Crippen molar-refractivity contribution in [2.24, 2.45) is 0 Å². The second-order valence-corrected chi connectivity index (χ2v) is 3.47. The summed E-state index contributed by atoms with van der Waals surface area (Å²) in [5.41, 5.74) is 0.154. The van der Waals surface area contributed by atoms with Crippen molar-refractivity contribution >= 4 is 5.97 Å². The molecule has 1 aliphatic rings. The summed E-state index contributed by atoms with van der Waals surface area (Å²) in [6.07, 6.45) is 0.220. The SMILES string of the molecule is O=C(O)c1ccc(C2OCCCO2)cc1F. The van der Waals surface area contributed by atoms with E-state index in [1.54, 1.807) is 0 Å². The highest BCUT2D eigenvalue weighted by Crippen LogP contribution is 2.24. The fourth-order valence-corrected chi connectivity index (χ4v) is 1.53. The quantitative estimate of drug-likeness (QED) is 0.837. The number of carbonyl (C=O) groups is 1. The lowest BCUT2D eigenvalue weighted by molar-refractivity contribution is -0.183. The number of halogens is 1. The standard InChI is InChI=1S/C11H11FO4/c12-9-6-7(2-3-8(9)10(13)14)11-15-4-1-5-16-11/h2-3,6,11H,1,4-5H2,(H,13,14). The van der Waals surface area contributed by atoms with E-state index in [1.165, 1.54) is 12.1 Å². The molecule has 1 saturated heterocycles. The molecule has 5 heteroatoms. The van der Waals surface area contributed by atoms with Crippen molar-refractivity contribution in [1.82, 2.24) is 0 Å². The van der Waals surface area contributed by atoms with Crippen LogP contribution in [0.15, 0.2) is 18.2 Å². The Morgan fingerprint density at radius 1 is 1.38 bits per heavy atom. The van der Waals surface area contributed by atoms with Gasteiger partial charge < -0.3 is 14.6 Å². The third-order valence-corrected chi connectivity index (χ3v) is 2.32. The number of carboxylic acids is 1. The Labute approximate surface area is 91.6 Å². The molecular weight excluding hydrogens is 215 g/mol. The van der Waals surface area contributed by atoms with Crippen molar-refractivity contribution in [2.75, 3.05) is 13.2 Å². The van der Waals surface area contributed by atoms with Gasteiger partial charge in [-0.2, -0.15) is 0 Å². The lowest BCUT2D eigenvalue weighted by atomic mass is 10.1. The minimum Gasteiger partial charge on any atom is -0.478 e. The number of ether oxygens (including phenoxy) is 2. The fraction of sp³-hybridized carbons (Fsp3) is 0.364. The summed E-state index contributed by atoms with van der Waals surface area (Å²) in [6.45, 7) is 1.12. The Bertz CT molecular complexity index is 399. The van der Waals surface area contributed by atoms with Crippen LogP contribution in [0.2, 0.25) is 0 Å². The van der Waals surface area contributed by atoms with E-state index < -0.39 is 18.1 Å². The molecule has 1 aromatic rings. The minimum absolute atomic E-state index is 0.348. The molecule has 0 aromatic heterocycles. The van der Waals surface area contributed by atoms with E-state index in [0.717, 1.165) is 12.5 Å². The van der Waals surface area contributed by atoms with Gasteiger partial charge in [-0.05, 0) is 18.6 Å². The maximum absolute atomic E-state index is 13.4. The van der Waals surface area contributed by atoms with Crippen LogP contribution in [-0.4, -0.2) is 24.3 Å². The zero-order chi connectivity index (χ0) is 11.5. The predicted molar refractivity (Wildman–Crippen MR) is 52.6 cm³/mol. The molecule has 1 aliphatic heterocycles. The number of aromatic carboxylic acids is 1. The van der Waals surface area contributed by atoms with E-state index in [-0.39, 0.29) is 5.56 Å². The van der Waals surface area contributed by atoms with Crippen molar-refractivity contribution < 1.29 is 23.8 Å². The van der Waals surface area contributed by atoms with Gasteiger partial charge in [-0.3, -0.25) is 0 Å². The highest BCUT2D eigenvalue weighted by molar-refractivity contribution is 5.87. The Hall–Kier alpha value is -1.46. The van der Waals surface area contributed by atoms with Crippen molar-refractivity contribution in [2.45, 2.75) is 12.7 Å². The Morgan fingerprint density at radius 2 is 2.06 bits per heavy atom. The molecule has 0 amide bonds. The van der Waals surface area contributed by atoms with Gasteiger partial charge in [0.15, 0.2) is 6.29 Å². The zero-order valence-corrected chi connectivity index (χ0v) is 8.48. The largest absolute Gasteiger partial charge is 0.478 e. The van der Waals surface area contributed by atoms with Crippen molar-refractivity contribution in [3.63, 3.8) is 0 Å². The van der Waals surface area contributed by atoms with E-state index in [4.69, 9.17) is 14.6 Å². The first-order chi connectivity index (χ1) is 7.68. The smallest absolute Gasteiger partial charge is 0.338 e. The number of hydrogen-bond acceptors (Lipinski definition) is 3. The molecule has 16 heavy (non-hydrogen) atoms. The van der Waals surface area contributed by atoms with Crippen LogP contribution in [0.3, 0.4) is 0 Å². The van der Waals surface area contributed by atoms with Crippen LogP contribution in [0.1, 0.15) is 28.6 Å². The summed E-state index contributed by atoms with van der Waals surface area (Å²) in [5.74, 6) is -2.06. The van der Waals surface area contributed by atoms with E-state index in [2.05, 4.69) is 0 Å². The average molecular weight is 226 g/mol. The van der Waals surface area contributed by atoms with Crippen LogP contribution >= 0.6 is 0 Å². The molecular formula is C11H11FO4. The van der Waals surface area contributed by atoms with Gasteiger partial charge in [-0.15, -0.1) is 0 Å². The summed E-state index contributed by atoms with van der Waals surface area (Å²) in [5, 5.41) is 8.66. The van der Waals surface area contributed by atoms with Crippen LogP contribution < -0.4 is 0 Å². The molecule has 0 bridgehead atoms. The van der Waals surface area contributed by atoms with Gasteiger partial charge in [-0.1, -0.05) is 6.07 Å². The maximum Gasteiger partial charge on any atom is 0.338 e. The summed E-state index contributed by atoms with van der Waals surface area (Å²) < 4.78 is 23.9. The van der Waals surface area contributed by atoms with Crippen molar-refractivity contribution in [1.29, 1.82) is 0 Å². The fourth-order valence-electron chi connectivity index (χ4n) is 1.53. The molecule has 0 spiro atoms. The Balaban J connectivity index is 2.23. The van der Waals surface area contributed by atoms with Gasteiger partial charge in [0, 0.05) is 5.56 Å². The molecule has 1 heterocycles. The molecule has 1 fully saturated rings. The van der Waals surface area contributed by atoms with Gasteiger partial charge in [0.05, 0.1) is 18.8 Å². The number of hydrogen-bond donors (Lipinski definition) is 1. The first kappa shape index (κ1) is 11.0. The van der Waals surface area contributed by atoms with Gasteiger partial charge in [0.1, 0.15) is 5.82 Å². The number of benzene rings is 1. The van der Waals surface area contributed by atoms with E-state index >= 15 is 0 Å². The van der Waals surface area contributed by atoms with E-state index in [0.29, 0.717) is 18.8 Å². The lowest BCUT2D eigenvalue weighted by Gasteiger charge is -2.23. The van der Waals surface area contributed by atoms with Crippen LogP contribution in [0.4, 0.5) is 4.39 Å². The number of rotatable bonds is 2. The Kier molecular flexibility index (Phi) is 3.17. The third kappa shape index (κ3) is 2.20. The highest BCUT2D eigenvalue weighted by Gasteiger charge is 2.19. The summed E-state index contributed by atoms with van der Waals surface area (Å²) >= 11 is 0. The van der Waals surface area contributed by atoms with Gasteiger partial charge in [-0.25, -0.2) is 9.18 Å². The summed E-state index contributed by atoms with van der Waals surface area (Å²) in [4.78, 5) is 10.6. The monoisotopic (exact) mass is 226 g/mol. The van der Waals surface area contributed by atoms with Crippen LogP contribution in [-0.2, 0) is 9.47 Å². The minimum atomic E-state index is -1.28. The third-order valence-electron chi connectivity index (χ3n) is 2.32. The van der Waals surface area contributed by atoms with Crippen LogP contribution in [0, 0.1) is 5.82 Å². The maximum atomic E-state index is 13.4.